The van der Waals surface area contributed by atoms with E-state index in [9.17, 15) is 9.18 Å². The summed E-state index contributed by atoms with van der Waals surface area (Å²) in [7, 11) is 0. The van der Waals surface area contributed by atoms with E-state index in [0.29, 0.717) is 5.75 Å². The second-order valence-corrected chi connectivity index (χ2v) is 2.83. The molecule has 0 saturated heterocycles. The molecule has 0 spiro atoms. The van der Waals surface area contributed by atoms with Crippen LogP contribution >= 0.6 is 11.6 Å². The van der Waals surface area contributed by atoms with Gasteiger partial charge in [0.1, 0.15) is 11.6 Å². The molecule has 0 fully saturated rings. The number of halogens is 2. The van der Waals surface area contributed by atoms with Crippen molar-refractivity contribution in [2.24, 2.45) is 0 Å². The van der Waals surface area contributed by atoms with Crippen molar-refractivity contribution in [2.45, 2.75) is 6.42 Å². The molecule has 0 unspecified atom stereocenters. The predicted octanol–water partition coefficient (Wildman–Crippen LogP) is 2.36. The van der Waals surface area contributed by atoms with Gasteiger partial charge in [0.25, 0.3) is 0 Å². The topological polar surface area (TPSA) is 26.3 Å². The number of carbonyl (C=O) groups is 1. The van der Waals surface area contributed by atoms with E-state index in [1.54, 1.807) is 6.07 Å². The first-order chi connectivity index (χ1) is 6.18. The third-order valence-corrected chi connectivity index (χ3v) is 1.55. The van der Waals surface area contributed by atoms with Crippen LogP contribution in [0.4, 0.5) is 4.39 Å². The van der Waals surface area contributed by atoms with Crippen molar-refractivity contribution in [2.75, 3.05) is 6.61 Å². The van der Waals surface area contributed by atoms with Gasteiger partial charge in [-0.15, -0.1) is 0 Å². The molecule has 0 atom stereocenters. The highest BCUT2D eigenvalue weighted by atomic mass is 35.5. The Hall–Kier alpha value is -1.09. The van der Waals surface area contributed by atoms with Gasteiger partial charge in [0, 0.05) is 6.07 Å². The van der Waals surface area contributed by atoms with E-state index >= 15 is 0 Å². The van der Waals surface area contributed by atoms with Crippen LogP contribution in [-0.4, -0.2) is 11.8 Å². The molecule has 2 nitrogen and oxygen atoms in total. The molecular weight excluding hydrogens is 195 g/mol. The number of hydrogen-bond donors (Lipinski definition) is 0. The molecule has 4 heteroatoms. The van der Waals surface area contributed by atoms with Crippen LogP contribution in [0.1, 0.15) is 6.42 Å². The van der Waals surface area contributed by atoms with E-state index in [4.69, 9.17) is 16.3 Å². The Morgan fingerprint density at radius 2 is 2.31 bits per heavy atom. The second kappa shape index (κ2) is 4.82. The Balaban J connectivity index is 2.41. The molecule has 0 bridgehead atoms. The fraction of sp³-hybridized carbons (Fsp3) is 0.222. The van der Waals surface area contributed by atoms with E-state index in [2.05, 4.69) is 0 Å². The third-order valence-electron chi connectivity index (χ3n) is 1.36. The van der Waals surface area contributed by atoms with Crippen LogP contribution in [0.15, 0.2) is 24.3 Å². The molecular formula is C9H8ClFO2. The average Bonchev–Trinajstić information content (AvgIpc) is 2.03. The van der Waals surface area contributed by atoms with Gasteiger partial charge in [0.05, 0.1) is 13.0 Å². The Morgan fingerprint density at radius 1 is 1.54 bits per heavy atom. The molecule has 0 aliphatic heterocycles. The van der Waals surface area contributed by atoms with Gasteiger partial charge in [-0.1, -0.05) is 6.07 Å². The molecule has 13 heavy (non-hydrogen) atoms. The summed E-state index contributed by atoms with van der Waals surface area (Å²) in [6.45, 7) is 0.172. The Labute approximate surface area is 80.3 Å². The first-order valence-corrected chi connectivity index (χ1v) is 4.13. The Bertz CT molecular complexity index is 301. The highest BCUT2D eigenvalue weighted by Crippen LogP contribution is 2.11. The van der Waals surface area contributed by atoms with Crippen LogP contribution < -0.4 is 4.74 Å². The minimum absolute atomic E-state index is 0.123. The minimum Gasteiger partial charge on any atom is -0.493 e. The quantitative estimate of drug-likeness (QED) is 0.701. The molecule has 1 aromatic carbocycles. The molecule has 0 aliphatic carbocycles. The van der Waals surface area contributed by atoms with Gasteiger partial charge in [0.15, 0.2) is 0 Å². The van der Waals surface area contributed by atoms with Gasteiger partial charge < -0.3 is 4.74 Å². The fourth-order valence-corrected chi connectivity index (χ4v) is 0.883. The highest BCUT2D eigenvalue weighted by molar-refractivity contribution is 6.63. The largest absolute Gasteiger partial charge is 0.493 e. The Morgan fingerprint density at radius 3 is 2.92 bits per heavy atom. The fourth-order valence-electron chi connectivity index (χ4n) is 0.806. The molecule has 1 aromatic rings. The van der Waals surface area contributed by atoms with E-state index in [-0.39, 0.29) is 18.8 Å². The summed E-state index contributed by atoms with van der Waals surface area (Å²) in [6.07, 6.45) is 0.123. The van der Waals surface area contributed by atoms with Crippen molar-refractivity contribution < 1.29 is 13.9 Å². The number of hydrogen-bond acceptors (Lipinski definition) is 2. The first kappa shape index (κ1) is 9.99. The lowest BCUT2D eigenvalue weighted by molar-refractivity contribution is -0.112. The summed E-state index contributed by atoms with van der Waals surface area (Å²) in [4.78, 5) is 10.3. The lowest BCUT2D eigenvalue weighted by Crippen LogP contribution is -2.01. The zero-order valence-electron chi connectivity index (χ0n) is 6.80. The van der Waals surface area contributed by atoms with E-state index in [1.807, 2.05) is 0 Å². The number of benzene rings is 1. The smallest absolute Gasteiger partial charge is 0.225 e. The lowest BCUT2D eigenvalue weighted by Gasteiger charge is -2.03. The van der Waals surface area contributed by atoms with Crippen LogP contribution in [0, 0.1) is 5.82 Å². The zero-order chi connectivity index (χ0) is 9.68. The van der Waals surface area contributed by atoms with Crippen LogP contribution in [-0.2, 0) is 4.79 Å². The average molecular weight is 203 g/mol. The maximum absolute atomic E-state index is 12.6. The summed E-state index contributed by atoms with van der Waals surface area (Å²) < 4.78 is 17.6. The van der Waals surface area contributed by atoms with Gasteiger partial charge in [0.2, 0.25) is 5.24 Å². The first-order valence-electron chi connectivity index (χ1n) is 3.75. The number of carbonyl (C=O) groups excluding carboxylic acids is 1. The van der Waals surface area contributed by atoms with Gasteiger partial charge >= 0.3 is 0 Å². The van der Waals surface area contributed by atoms with E-state index in [1.165, 1.54) is 18.2 Å². The summed E-state index contributed by atoms with van der Waals surface area (Å²) in [6, 6.07) is 5.72. The SMILES string of the molecule is O=C(Cl)CCOc1cccc(F)c1. The Kier molecular flexibility index (Phi) is 3.71. The van der Waals surface area contributed by atoms with E-state index < -0.39 is 5.24 Å². The molecule has 0 N–H and O–H groups in total. The van der Waals surface area contributed by atoms with E-state index in [0.717, 1.165) is 0 Å². The standard InChI is InChI=1S/C9H8ClFO2/c10-9(12)4-5-13-8-3-1-2-7(11)6-8/h1-3,6H,4-5H2. The monoisotopic (exact) mass is 202 g/mol. The zero-order valence-corrected chi connectivity index (χ0v) is 7.55. The van der Waals surface area contributed by atoms with Gasteiger partial charge in [-0.2, -0.15) is 0 Å². The van der Waals surface area contributed by atoms with Gasteiger partial charge in [-0.05, 0) is 23.7 Å². The maximum Gasteiger partial charge on any atom is 0.225 e. The summed E-state index contributed by atoms with van der Waals surface area (Å²) in [5.41, 5.74) is 0. The molecule has 1 rings (SSSR count). The van der Waals surface area contributed by atoms with Crippen molar-refractivity contribution in [3.63, 3.8) is 0 Å². The second-order valence-electron chi connectivity index (χ2n) is 2.41. The van der Waals surface area contributed by atoms with Crippen LogP contribution in [0.2, 0.25) is 0 Å². The maximum atomic E-state index is 12.6. The van der Waals surface area contributed by atoms with Gasteiger partial charge in [-0.3, -0.25) is 4.79 Å². The summed E-state index contributed by atoms with van der Waals surface area (Å²) >= 11 is 5.08. The summed E-state index contributed by atoms with van der Waals surface area (Å²) in [5.74, 6) is 0.0348. The molecule has 0 saturated carbocycles. The lowest BCUT2D eigenvalue weighted by atomic mass is 10.3. The third kappa shape index (κ3) is 3.90. The van der Waals surface area contributed by atoms with Crippen molar-refractivity contribution in [1.82, 2.24) is 0 Å². The number of rotatable bonds is 4. The van der Waals surface area contributed by atoms with Crippen LogP contribution in [0.3, 0.4) is 0 Å². The van der Waals surface area contributed by atoms with Gasteiger partial charge in [-0.25, -0.2) is 4.39 Å². The van der Waals surface area contributed by atoms with Crippen molar-refractivity contribution in [3.05, 3.63) is 30.1 Å². The molecule has 0 aliphatic rings. The molecule has 70 valence electrons. The minimum atomic E-state index is -0.462. The van der Waals surface area contributed by atoms with Crippen LogP contribution in [0.25, 0.3) is 0 Å². The van der Waals surface area contributed by atoms with Crippen molar-refractivity contribution in [3.8, 4) is 5.75 Å². The van der Waals surface area contributed by atoms with Crippen molar-refractivity contribution in [1.29, 1.82) is 0 Å². The highest BCUT2D eigenvalue weighted by Gasteiger charge is 1.98. The molecule has 0 amide bonds. The van der Waals surface area contributed by atoms with Crippen LogP contribution in [0.5, 0.6) is 5.75 Å². The predicted molar refractivity (Wildman–Crippen MR) is 47.4 cm³/mol. The molecule has 0 heterocycles. The van der Waals surface area contributed by atoms with Crippen molar-refractivity contribution >= 4 is 16.8 Å². The normalized spacial score (nSPS) is 9.69. The number of ether oxygens (including phenoxy) is 1. The molecule has 0 aromatic heterocycles. The molecule has 0 radical (unpaired) electrons. The summed E-state index contributed by atoms with van der Waals surface area (Å²) in [5, 5.41) is -0.462.